The van der Waals surface area contributed by atoms with Gasteiger partial charge in [0.1, 0.15) is 18.4 Å². The zero-order valence-electron chi connectivity index (χ0n) is 17.4. The summed E-state index contributed by atoms with van der Waals surface area (Å²) in [6, 6.07) is 18.3. The van der Waals surface area contributed by atoms with Gasteiger partial charge in [0.15, 0.2) is 0 Å². The van der Waals surface area contributed by atoms with E-state index >= 15 is 0 Å². The first-order valence-electron chi connectivity index (χ1n) is 10.4. The maximum absolute atomic E-state index is 11.6. The third-order valence-electron chi connectivity index (χ3n) is 5.28. The Labute approximate surface area is 191 Å². The van der Waals surface area contributed by atoms with Crippen molar-refractivity contribution in [2.45, 2.75) is 19.0 Å². The molecule has 0 amide bonds. The van der Waals surface area contributed by atoms with Gasteiger partial charge in [0.25, 0.3) is 0 Å². The van der Waals surface area contributed by atoms with E-state index in [-0.39, 0.29) is 0 Å². The molecule has 6 nitrogen and oxygen atoms in total. The Morgan fingerprint density at radius 3 is 2.66 bits per heavy atom. The number of benzene rings is 2. The number of carboxylic acid groups (broad SMARTS) is 1. The predicted octanol–water partition coefficient (Wildman–Crippen LogP) is 4.73. The van der Waals surface area contributed by atoms with Gasteiger partial charge in [-0.15, -0.1) is 0 Å². The summed E-state index contributed by atoms with van der Waals surface area (Å²) in [6.45, 7) is 1.92. The van der Waals surface area contributed by atoms with E-state index in [9.17, 15) is 9.90 Å². The van der Waals surface area contributed by atoms with Gasteiger partial charge in [-0.3, -0.25) is 4.98 Å². The zero-order valence-corrected chi connectivity index (χ0v) is 18.2. The summed E-state index contributed by atoms with van der Waals surface area (Å²) in [4.78, 5) is 16.0. The van der Waals surface area contributed by atoms with Crippen molar-refractivity contribution in [3.63, 3.8) is 0 Å². The molecule has 2 aromatic heterocycles. The van der Waals surface area contributed by atoms with Crippen molar-refractivity contribution in [1.29, 1.82) is 0 Å². The van der Waals surface area contributed by atoms with Crippen LogP contribution in [0, 0.1) is 0 Å². The average molecular weight is 450 g/mol. The highest BCUT2D eigenvalue weighted by Crippen LogP contribution is 2.21. The van der Waals surface area contributed by atoms with Gasteiger partial charge in [-0.2, -0.15) is 0 Å². The molecule has 0 aliphatic heterocycles. The number of ether oxygens (including phenoxy) is 1. The highest BCUT2D eigenvalue weighted by molar-refractivity contribution is 6.31. The molecule has 0 saturated carbocycles. The molecule has 2 heterocycles. The molecule has 0 unspecified atom stereocenters. The molecule has 32 heavy (non-hydrogen) atoms. The number of fused-ring (bicyclic) bond motifs is 1. The molecule has 2 N–H and O–H groups in total. The Balaban J connectivity index is 1.25. The first kappa shape index (κ1) is 21.9. The lowest BCUT2D eigenvalue weighted by Gasteiger charge is -2.15. The predicted molar refractivity (Wildman–Crippen MR) is 125 cm³/mol. The number of hydrogen-bond donors (Lipinski definition) is 2. The van der Waals surface area contributed by atoms with Gasteiger partial charge in [-0.1, -0.05) is 29.8 Å². The molecule has 0 saturated heterocycles. The van der Waals surface area contributed by atoms with Crippen LogP contribution in [0.25, 0.3) is 10.9 Å². The molecule has 2 aromatic carbocycles. The van der Waals surface area contributed by atoms with E-state index in [0.29, 0.717) is 31.1 Å². The smallest absolute Gasteiger partial charge is 0.327 e. The van der Waals surface area contributed by atoms with Gasteiger partial charge in [0, 0.05) is 48.5 Å². The molecule has 7 heteroatoms. The van der Waals surface area contributed by atoms with Crippen molar-refractivity contribution in [2.24, 2.45) is 0 Å². The van der Waals surface area contributed by atoms with Crippen molar-refractivity contribution in [3.05, 3.63) is 95.4 Å². The normalized spacial score (nSPS) is 12.0. The van der Waals surface area contributed by atoms with E-state index in [4.69, 9.17) is 16.3 Å². The maximum atomic E-state index is 11.6. The summed E-state index contributed by atoms with van der Waals surface area (Å²) >= 11 is 6.05. The fourth-order valence-electron chi connectivity index (χ4n) is 3.62. The second-order valence-corrected chi connectivity index (χ2v) is 7.93. The van der Waals surface area contributed by atoms with Crippen LogP contribution in [-0.2, 0) is 17.8 Å². The quantitative estimate of drug-likeness (QED) is 0.342. The Morgan fingerprint density at radius 1 is 1.12 bits per heavy atom. The molecular formula is C25H24ClN3O3. The fraction of sp³-hybridized carbons (Fsp3) is 0.200. The van der Waals surface area contributed by atoms with Crippen molar-refractivity contribution in [1.82, 2.24) is 14.9 Å². The molecule has 164 valence electrons. The summed E-state index contributed by atoms with van der Waals surface area (Å²) in [6.07, 6.45) is 5.75. The van der Waals surface area contributed by atoms with Crippen LogP contribution in [0.1, 0.15) is 17.2 Å². The Kier molecular flexibility index (Phi) is 7.04. The molecule has 4 aromatic rings. The van der Waals surface area contributed by atoms with Crippen molar-refractivity contribution in [3.8, 4) is 5.75 Å². The van der Waals surface area contributed by atoms with Gasteiger partial charge >= 0.3 is 5.97 Å². The Hall–Kier alpha value is -3.35. The van der Waals surface area contributed by atoms with Crippen LogP contribution in [0.2, 0.25) is 5.02 Å². The number of carboxylic acids is 1. The third kappa shape index (κ3) is 5.46. The molecule has 0 aliphatic carbocycles. The number of halogens is 1. The van der Waals surface area contributed by atoms with Crippen LogP contribution < -0.4 is 10.1 Å². The summed E-state index contributed by atoms with van der Waals surface area (Å²) in [7, 11) is 0. The highest BCUT2D eigenvalue weighted by Gasteiger charge is 2.19. The van der Waals surface area contributed by atoms with E-state index in [1.807, 2.05) is 60.7 Å². The molecule has 1 atom stereocenters. The summed E-state index contributed by atoms with van der Waals surface area (Å²) < 4.78 is 7.52. The van der Waals surface area contributed by atoms with Crippen molar-refractivity contribution in [2.75, 3.05) is 13.2 Å². The molecule has 0 spiro atoms. The number of aromatic nitrogens is 2. The van der Waals surface area contributed by atoms with E-state index < -0.39 is 12.0 Å². The SMILES string of the molecule is O=C(O)[C@H](Cc1ccc(OCCNCc2ccnc3cc(Cl)ccc23)cc1)n1cccc1. The Bertz CT molecular complexity index is 1180. The molecule has 0 radical (unpaired) electrons. The number of rotatable bonds is 10. The van der Waals surface area contributed by atoms with Gasteiger partial charge in [0.05, 0.1) is 5.52 Å². The zero-order chi connectivity index (χ0) is 22.3. The van der Waals surface area contributed by atoms with E-state index in [0.717, 1.165) is 27.8 Å². The number of carbonyl (C=O) groups is 1. The van der Waals surface area contributed by atoms with Gasteiger partial charge in [-0.25, -0.2) is 4.79 Å². The van der Waals surface area contributed by atoms with E-state index in [2.05, 4.69) is 10.3 Å². The van der Waals surface area contributed by atoms with E-state index in [1.54, 1.807) is 23.2 Å². The third-order valence-corrected chi connectivity index (χ3v) is 5.52. The second kappa shape index (κ2) is 10.3. The highest BCUT2D eigenvalue weighted by atomic mass is 35.5. The summed E-state index contributed by atoms with van der Waals surface area (Å²) in [5, 5.41) is 14.7. The second-order valence-electron chi connectivity index (χ2n) is 7.49. The lowest BCUT2D eigenvalue weighted by Crippen LogP contribution is -2.21. The average Bonchev–Trinajstić information content (AvgIpc) is 3.32. The lowest BCUT2D eigenvalue weighted by atomic mass is 10.1. The van der Waals surface area contributed by atoms with Crippen molar-refractivity contribution < 1.29 is 14.6 Å². The minimum Gasteiger partial charge on any atom is -0.492 e. The van der Waals surface area contributed by atoms with Gasteiger partial charge < -0.3 is 19.7 Å². The maximum Gasteiger partial charge on any atom is 0.327 e. The van der Waals surface area contributed by atoms with Crippen LogP contribution >= 0.6 is 11.6 Å². The first-order chi connectivity index (χ1) is 15.6. The van der Waals surface area contributed by atoms with Gasteiger partial charge in [0.2, 0.25) is 0 Å². The lowest BCUT2D eigenvalue weighted by molar-refractivity contribution is -0.140. The minimum atomic E-state index is -0.849. The van der Waals surface area contributed by atoms with Crippen LogP contribution in [0.15, 0.2) is 79.3 Å². The standard InChI is InChI=1S/C25H24ClN3O3/c26-20-5-8-22-19(9-10-28-23(22)16-20)17-27-11-14-32-21-6-3-18(4-7-21)15-24(25(30)31)29-12-1-2-13-29/h1-10,12-13,16,24,27H,11,14-15,17H2,(H,30,31)/t24-/m0/s1. The number of nitrogens with zero attached hydrogens (tertiary/aromatic N) is 2. The molecular weight excluding hydrogens is 426 g/mol. The molecule has 0 fully saturated rings. The van der Waals surface area contributed by atoms with Crippen LogP contribution in [0.5, 0.6) is 5.75 Å². The first-order valence-corrected chi connectivity index (χ1v) is 10.8. The number of nitrogens with one attached hydrogen (secondary N) is 1. The van der Waals surface area contributed by atoms with Crippen LogP contribution in [-0.4, -0.2) is 33.8 Å². The summed E-state index contributed by atoms with van der Waals surface area (Å²) in [5.74, 6) is -0.0925. The van der Waals surface area contributed by atoms with Crippen LogP contribution in [0.3, 0.4) is 0 Å². The van der Waals surface area contributed by atoms with Crippen LogP contribution in [0.4, 0.5) is 0 Å². The largest absolute Gasteiger partial charge is 0.492 e. The Morgan fingerprint density at radius 2 is 1.91 bits per heavy atom. The molecule has 0 aliphatic rings. The molecule has 4 rings (SSSR count). The number of pyridine rings is 1. The monoisotopic (exact) mass is 449 g/mol. The fourth-order valence-corrected chi connectivity index (χ4v) is 3.79. The minimum absolute atomic E-state index is 0.414. The topological polar surface area (TPSA) is 76.4 Å². The van der Waals surface area contributed by atoms with Crippen molar-refractivity contribution >= 4 is 28.5 Å². The summed E-state index contributed by atoms with van der Waals surface area (Å²) in [5.41, 5.74) is 2.99. The number of hydrogen-bond acceptors (Lipinski definition) is 4. The van der Waals surface area contributed by atoms with E-state index in [1.165, 1.54) is 0 Å². The van der Waals surface area contributed by atoms with Gasteiger partial charge in [-0.05, 0) is 53.6 Å². The molecule has 0 bridgehead atoms. The number of aliphatic carboxylic acids is 1.